The lowest BCUT2D eigenvalue weighted by Gasteiger charge is -2.67. The number of nitrogens with one attached hydrogen (secondary N) is 2. The average molecular weight is 479 g/mol. The molecule has 3 aliphatic carbocycles. The van der Waals surface area contributed by atoms with Crippen molar-refractivity contribution in [3.63, 3.8) is 0 Å². The van der Waals surface area contributed by atoms with Crippen LogP contribution in [0.2, 0.25) is 0 Å². The summed E-state index contributed by atoms with van der Waals surface area (Å²) in [5.74, 6) is 0.898. The van der Waals surface area contributed by atoms with Crippen LogP contribution in [0.1, 0.15) is 31.2 Å². The normalized spacial score (nSPS) is 31.1. The Morgan fingerprint density at radius 2 is 1.97 bits per heavy atom. The molecule has 8 rings (SSSR count). The molecule has 4 heterocycles. The zero-order valence-electron chi connectivity index (χ0n) is 19.3. The van der Waals surface area contributed by atoms with Crippen molar-refractivity contribution in [1.82, 2.24) is 15.3 Å². The van der Waals surface area contributed by atoms with Crippen LogP contribution in [-0.4, -0.2) is 60.2 Å². The molecule has 2 N–H and O–H groups in total. The van der Waals surface area contributed by atoms with E-state index in [-0.39, 0.29) is 23.2 Å². The van der Waals surface area contributed by atoms with Crippen LogP contribution in [0.15, 0.2) is 24.4 Å². The lowest BCUT2D eigenvalue weighted by atomic mass is 9.48. The van der Waals surface area contributed by atoms with Crippen LogP contribution in [0.25, 0.3) is 0 Å². The Morgan fingerprint density at radius 1 is 1.17 bits per heavy atom. The second-order valence-electron chi connectivity index (χ2n) is 10.5. The maximum atomic E-state index is 14.9. The molecule has 2 amide bonds. The van der Waals surface area contributed by atoms with E-state index in [1.807, 2.05) is 9.80 Å². The fourth-order valence-electron chi connectivity index (χ4n) is 6.45. The third-order valence-electron chi connectivity index (χ3n) is 8.47. The predicted octanol–water partition coefficient (Wildman–Crippen LogP) is 2.14. The van der Waals surface area contributed by atoms with Crippen molar-refractivity contribution in [1.29, 1.82) is 0 Å². The first kappa shape index (κ1) is 21.0. The van der Waals surface area contributed by atoms with Gasteiger partial charge in [0.25, 0.3) is 0 Å². The quantitative estimate of drug-likeness (QED) is 0.650. The monoisotopic (exact) mass is 478 g/mol. The highest BCUT2D eigenvalue weighted by molar-refractivity contribution is 6.15. The van der Waals surface area contributed by atoms with Crippen LogP contribution in [0.4, 0.5) is 27.5 Å². The Hall–Kier alpha value is -3.27. The highest BCUT2D eigenvalue weighted by Crippen LogP contribution is 2.63. The van der Waals surface area contributed by atoms with Crippen LogP contribution in [0, 0.1) is 17.2 Å². The second-order valence-corrected chi connectivity index (χ2v) is 10.5. The molecule has 1 aromatic carbocycles. The van der Waals surface area contributed by atoms with Gasteiger partial charge in [0, 0.05) is 43.5 Å². The van der Waals surface area contributed by atoms with Crippen LogP contribution >= 0.6 is 0 Å². The van der Waals surface area contributed by atoms with Crippen molar-refractivity contribution in [3.8, 4) is 0 Å². The molecule has 2 saturated heterocycles. The number of ether oxygens (including phenoxy) is 1. The molecular formula is C25H27FN6O3. The number of halogens is 1. The van der Waals surface area contributed by atoms with Gasteiger partial charge in [-0.25, -0.2) is 9.37 Å². The number of carbonyl (C=O) groups excluding carboxylic acids is 2. The SMILES string of the molecule is O=C1NCC[C@@]12Cc1cnc(Nc3ccc(N4CCOCC4)c(F)c3)nc1N(C13CC(C1)C3)C2=O. The largest absolute Gasteiger partial charge is 0.378 e. The molecule has 9 nitrogen and oxygen atoms in total. The van der Waals surface area contributed by atoms with Gasteiger partial charge >= 0.3 is 0 Å². The maximum absolute atomic E-state index is 14.9. The van der Waals surface area contributed by atoms with Gasteiger partial charge in [-0.1, -0.05) is 0 Å². The molecule has 0 radical (unpaired) electrons. The highest BCUT2D eigenvalue weighted by Gasteiger charge is 2.67. The van der Waals surface area contributed by atoms with E-state index in [0.717, 1.165) is 24.8 Å². The number of hydrogen-bond acceptors (Lipinski definition) is 7. The number of nitrogens with zero attached hydrogens (tertiary/aromatic N) is 4. The highest BCUT2D eigenvalue weighted by atomic mass is 19.1. The molecule has 6 aliphatic rings. The summed E-state index contributed by atoms with van der Waals surface area (Å²) in [6.07, 6.45) is 5.38. The van der Waals surface area contributed by atoms with Gasteiger partial charge in [-0.2, -0.15) is 4.98 Å². The lowest BCUT2D eigenvalue weighted by molar-refractivity contribution is -0.144. The molecule has 10 heteroatoms. The molecule has 3 aliphatic heterocycles. The molecule has 0 unspecified atom stereocenters. The molecule has 182 valence electrons. The molecule has 1 spiro atoms. The summed E-state index contributed by atoms with van der Waals surface area (Å²) in [7, 11) is 0. The van der Waals surface area contributed by atoms with E-state index in [9.17, 15) is 14.0 Å². The summed E-state index contributed by atoms with van der Waals surface area (Å²) >= 11 is 0. The molecule has 2 bridgehead atoms. The number of hydrogen-bond donors (Lipinski definition) is 2. The fraction of sp³-hybridized carbons (Fsp3) is 0.520. The summed E-state index contributed by atoms with van der Waals surface area (Å²) in [5, 5.41) is 5.96. The lowest BCUT2D eigenvalue weighted by Crippen LogP contribution is -2.73. The number of fused-ring (bicyclic) bond motifs is 1. The Bertz CT molecular complexity index is 1230. The first-order chi connectivity index (χ1) is 17.0. The smallest absolute Gasteiger partial charge is 0.244 e. The summed E-state index contributed by atoms with van der Waals surface area (Å²) < 4.78 is 20.2. The van der Waals surface area contributed by atoms with Gasteiger partial charge in [-0.15, -0.1) is 0 Å². The van der Waals surface area contributed by atoms with Crippen molar-refractivity contribution < 1.29 is 18.7 Å². The second kappa shape index (κ2) is 7.36. The van der Waals surface area contributed by atoms with E-state index in [1.165, 1.54) is 6.07 Å². The van der Waals surface area contributed by atoms with Gasteiger partial charge in [0.05, 0.1) is 24.4 Å². The van der Waals surface area contributed by atoms with Gasteiger partial charge < -0.3 is 20.3 Å². The van der Waals surface area contributed by atoms with Crippen molar-refractivity contribution in [2.24, 2.45) is 11.3 Å². The first-order valence-corrected chi connectivity index (χ1v) is 12.4. The van der Waals surface area contributed by atoms with E-state index in [0.29, 0.717) is 74.7 Å². The minimum atomic E-state index is -1.06. The summed E-state index contributed by atoms with van der Waals surface area (Å²) in [6.45, 7) is 2.99. The number of rotatable bonds is 4. The number of benzene rings is 1. The zero-order chi connectivity index (χ0) is 23.8. The van der Waals surface area contributed by atoms with Crippen LogP contribution in [0.3, 0.4) is 0 Å². The number of amides is 2. The first-order valence-electron chi connectivity index (χ1n) is 12.4. The van der Waals surface area contributed by atoms with E-state index >= 15 is 0 Å². The summed E-state index contributed by atoms with van der Waals surface area (Å²) in [4.78, 5) is 39.6. The zero-order valence-corrected chi connectivity index (χ0v) is 19.3. The van der Waals surface area contributed by atoms with Crippen LogP contribution < -0.4 is 20.4 Å². The van der Waals surface area contributed by atoms with Gasteiger partial charge in [-0.05, 0) is 49.8 Å². The third kappa shape index (κ3) is 3.01. The number of aromatic nitrogens is 2. The summed E-state index contributed by atoms with van der Waals surface area (Å²) in [5.41, 5.74) is 0.602. The van der Waals surface area contributed by atoms with E-state index in [2.05, 4.69) is 15.6 Å². The molecule has 5 fully saturated rings. The molecule has 1 atom stereocenters. The van der Waals surface area contributed by atoms with E-state index in [1.54, 1.807) is 18.3 Å². The molecule has 2 aromatic rings. The van der Waals surface area contributed by atoms with E-state index in [4.69, 9.17) is 9.72 Å². The van der Waals surface area contributed by atoms with Gasteiger partial charge in [-0.3, -0.25) is 14.5 Å². The Labute approximate surface area is 202 Å². The van der Waals surface area contributed by atoms with E-state index < -0.39 is 5.41 Å². The molecule has 3 saturated carbocycles. The predicted molar refractivity (Wildman–Crippen MR) is 126 cm³/mol. The maximum Gasteiger partial charge on any atom is 0.244 e. The molecular weight excluding hydrogens is 451 g/mol. The van der Waals surface area contributed by atoms with Gasteiger partial charge in [0.1, 0.15) is 17.1 Å². The Morgan fingerprint density at radius 3 is 2.63 bits per heavy atom. The molecule has 1 aromatic heterocycles. The average Bonchev–Trinajstić information content (AvgIpc) is 3.16. The topological polar surface area (TPSA) is 99.7 Å². The number of carbonyl (C=O) groups is 2. The van der Waals surface area contributed by atoms with Gasteiger partial charge in [0.15, 0.2) is 0 Å². The van der Waals surface area contributed by atoms with Crippen molar-refractivity contribution in [3.05, 3.63) is 35.8 Å². The van der Waals surface area contributed by atoms with Crippen molar-refractivity contribution in [2.75, 3.05) is 48.0 Å². The summed E-state index contributed by atoms with van der Waals surface area (Å²) in [6, 6.07) is 5.00. The fourth-order valence-corrected chi connectivity index (χ4v) is 6.45. The molecule has 35 heavy (non-hydrogen) atoms. The third-order valence-corrected chi connectivity index (χ3v) is 8.47. The number of morpholine rings is 1. The number of anilines is 4. The Balaban J connectivity index is 1.20. The Kier molecular flexibility index (Phi) is 4.43. The minimum absolute atomic E-state index is 0.135. The van der Waals surface area contributed by atoms with Crippen LogP contribution in [0.5, 0.6) is 0 Å². The van der Waals surface area contributed by atoms with Crippen molar-refractivity contribution >= 4 is 35.0 Å². The van der Waals surface area contributed by atoms with Gasteiger partial charge in [0.2, 0.25) is 17.8 Å². The standard InChI is InChI=1S/C25H27FN6O3/c26-18-9-17(1-2-19(18)31-5-7-35-8-6-31)29-23-28-14-16-13-25(3-4-27-21(25)33)22(34)32(20(16)30-23)24-10-15(11-24)12-24/h1-2,9,14-15H,3-8,10-13H2,(H,27,33)(H,28,29,30)/t15?,24?,25-/m1/s1. The van der Waals surface area contributed by atoms with Crippen molar-refractivity contribution in [2.45, 2.75) is 37.6 Å². The van der Waals surface area contributed by atoms with Crippen LogP contribution in [-0.2, 0) is 20.7 Å². The minimum Gasteiger partial charge on any atom is -0.378 e.